The lowest BCUT2D eigenvalue weighted by atomic mass is 9.75. The van der Waals surface area contributed by atoms with Crippen LogP contribution in [0.15, 0.2) is 12.3 Å². The zero-order valence-corrected chi connectivity index (χ0v) is 11.6. The second-order valence-corrected chi connectivity index (χ2v) is 7.05. The Morgan fingerprint density at radius 1 is 1.25 bits per heavy atom. The first kappa shape index (κ1) is 11.3. The molecule has 0 saturated heterocycles. The number of aliphatic hydroxyl groups excluding tert-OH is 1. The van der Waals surface area contributed by atoms with E-state index in [2.05, 4.69) is 16.3 Å². The summed E-state index contributed by atoms with van der Waals surface area (Å²) in [7, 11) is 0. The Morgan fingerprint density at radius 2 is 2.20 bits per heavy atom. The van der Waals surface area contributed by atoms with Crippen molar-refractivity contribution in [3.8, 4) is 0 Å². The molecule has 3 heteroatoms. The molecule has 1 heterocycles. The van der Waals surface area contributed by atoms with Crippen LogP contribution in [0.25, 0.3) is 10.9 Å². The van der Waals surface area contributed by atoms with Crippen molar-refractivity contribution < 1.29 is 5.11 Å². The number of benzene rings is 1. The summed E-state index contributed by atoms with van der Waals surface area (Å²) >= 11 is 0. The average Bonchev–Trinajstić information content (AvgIpc) is 3.14. The monoisotopic (exact) mass is 268 g/mol. The number of nitrogens with zero attached hydrogens (tertiary/aromatic N) is 1. The van der Waals surface area contributed by atoms with E-state index in [-0.39, 0.29) is 6.10 Å². The molecule has 0 amide bonds. The number of nitrogens with one attached hydrogen (secondary N) is 1. The summed E-state index contributed by atoms with van der Waals surface area (Å²) in [5.41, 5.74) is 5.09. The number of rotatable bonds is 2. The van der Waals surface area contributed by atoms with Crippen LogP contribution in [-0.4, -0.2) is 15.3 Å². The first-order valence-corrected chi connectivity index (χ1v) is 7.97. The van der Waals surface area contributed by atoms with Crippen LogP contribution in [0.5, 0.6) is 0 Å². The minimum Gasteiger partial charge on any atom is -0.388 e. The van der Waals surface area contributed by atoms with Crippen molar-refractivity contribution in [2.24, 2.45) is 17.8 Å². The summed E-state index contributed by atoms with van der Waals surface area (Å²) in [6, 6.07) is 2.24. The van der Waals surface area contributed by atoms with Crippen LogP contribution in [-0.2, 0) is 12.8 Å². The Morgan fingerprint density at radius 3 is 2.90 bits per heavy atom. The summed E-state index contributed by atoms with van der Waals surface area (Å²) in [4.78, 5) is 0. The van der Waals surface area contributed by atoms with Crippen molar-refractivity contribution in [3.05, 3.63) is 29.0 Å². The van der Waals surface area contributed by atoms with Crippen molar-refractivity contribution >= 4 is 10.9 Å². The topological polar surface area (TPSA) is 48.9 Å². The number of aromatic nitrogens is 2. The van der Waals surface area contributed by atoms with Crippen LogP contribution in [0.3, 0.4) is 0 Å². The molecule has 2 N–H and O–H groups in total. The summed E-state index contributed by atoms with van der Waals surface area (Å²) < 4.78 is 0. The fourth-order valence-corrected chi connectivity index (χ4v) is 5.04. The van der Waals surface area contributed by atoms with Crippen LogP contribution < -0.4 is 0 Å². The van der Waals surface area contributed by atoms with Gasteiger partial charge in [0.1, 0.15) is 0 Å². The molecule has 3 aliphatic rings. The minimum absolute atomic E-state index is 0.288. The number of fused-ring (bicyclic) bond motifs is 4. The van der Waals surface area contributed by atoms with Gasteiger partial charge >= 0.3 is 0 Å². The predicted octanol–water partition coefficient (Wildman–Crippen LogP) is 3.13. The molecule has 104 valence electrons. The fraction of sp³-hybridized carbons (Fsp3) is 0.588. The lowest BCUT2D eigenvalue weighted by Crippen LogP contribution is -2.23. The Kier molecular flexibility index (Phi) is 2.18. The highest BCUT2D eigenvalue weighted by Crippen LogP contribution is 2.54. The van der Waals surface area contributed by atoms with Gasteiger partial charge in [0, 0.05) is 10.9 Å². The molecule has 0 radical (unpaired) electrons. The molecule has 1 aromatic heterocycles. The van der Waals surface area contributed by atoms with E-state index in [9.17, 15) is 5.11 Å². The molecule has 20 heavy (non-hydrogen) atoms. The Bertz CT molecular complexity index is 690. The van der Waals surface area contributed by atoms with Crippen LogP contribution in [0.2, 0.25) is 0 Å². The van der Waals surface area contributed by atoms with E-state index in [4.69, 9.17) is 0 Å². The molecule has 1 aromatic carbocycles. The molecule has 5 rings (SSSR count). The van der Waals surface area contributed by atoms with Crippen molar-refractivity contribution in [2.45, 2.75) is 44.6 Å². The van der Waals surface area contributed by atoms with Gasteiger partial charge < -0.3 is 5.11 Å². The van der Waals surface area contributed by atoms with Crippen LogP contribution in [0.4, 0.5) is 0 Å². The zero-order chi connectivity index (χ0) is 13.3. The van der Waals surface area contributed by atoms with Gasteiger partial charge in [0.2, 0.25) is 0 Å². The SMILES string of the molecule is OC(c1c2c(cc3cn[nH]c13)CC2)C1CC2CCC1C2. The molecule has 2 fully saturated rings. The van der Waals surface area contributed by atoms with E-state index in [0.717, 1.165) is 30.2 Å². The summed E-state index contributed by atoms with van der Waals surface area (Å²) in [5, 5.41) is 19.5. The number of H-pyrrole nitrogens is 1. The lowest BCUT2D eigenvalue weighted by Gasteiger charge is -2.32. The van der Waals surface area contributed by atoms with Gasteiger partial charge in [-0.15, -0.1) is 0 Å². The first-order valence-electron chi connectivity index (χ1n) is 7.97. The largest absolute Gasteiger partial charge is 0.388 e. The third-order valence-corrected chi connectivity index (χ3v) is 6.12. The first-order chi connectivity index (χ1) is 9.81. The van der Waals surface area contributed by atoms with Gasteiger partial charge in [0.05, 0.1) is 17.8 Å². The summed E-state index contributed by atoms with van der Waals surface area (Å²) in [6.45, 7) is 0. The fourth-order valence-electron chi connectivity index (χ4n) is 5.04. The van der Waals surface area contributed by atoms with Gasteiger partial charge in [-0.05, 0) is 67.1 Å². The second-order valence-electron chi connectivity index (χ2n) is 7.05. The van der Waals surface area contributed by atoms with Crippen molar-refractivity contribution in [3.63, 3.8) is 0 Å². The van der Waals surface area contributed by atoms with Gasteiger partial charge in [0.25, 0.3) is 0 Å². The molecule has 3 nitrogen and oxygen atoms in total. The third-order valence-electron chi connectivity index (χ3n) is 6.12. The lowest BCUT2D eigenvalue weighted by molar-refractivity contribution is 0.0744. The van der Waals surface area contributed by atoms with Crippen molar-refractivity contribution in [1.82, 2.24) is 10.2 Å². The van der Waals surface area contributed by atoms with E-state index < -0.39 is 0 Å². The predicted molar refractivity (Wildman–Crippen MR) is 77.4 cm³/mol. The third kappa shape index (κ3) is 1.37. The van der Waals surface area contributed by atoms with E-state index in [1.54, 1.807) is 0 Å². The maximum absolute atomic E-state index is 11.1. The Hall–Kier alpha value is -1.35. The molecule has 4 atom stereocenters. The highest BCUT2D eigenvalue weighted by atomic mass is 16.3. The average molecular weight is 268 g/mol. The normalized spacial score (nSPS) is 32.4. The Labute approximate surface area is 118 Å². The molecule has 2 aromatic rings. The van der Waals surface area contributed by atoms with Crippen molar-refractivity contribution in [2.75, 3.05) is 0 Å². The molecule has 0 spiro atoms. The maximum atomic E-state index is 11.1. The van der Waals surface area contributed by atoms with E-state index in [1.165, 1.54) is 47.8 Å². The molecule has 2 saturated carbocycles. The van der Waals surface area contributed by atoms with Gasteiger partial charge in [0.15, 0.2) is 0 Å². The second kappa shape index (κ2) is 3.85. The highest BCUT2D eigenvalue weighted by molar-refractivity contribution is 5.85. The number of aryl methyl sites for hydroxylation is 1. The number of aliphatic hydroxyl groups is 1. The van der Waals surface area contributed by atoms with Crippen molar-refractivity contribution in [1.29, 1.82) is 0 Å². The number of hydrogen-bond donors (Lipinski definition) is 2. The van der Waals surface area contributed by atoms with Gasteiger partial charge in [-0.25, -0.2) is 0 Å². The molecule has 4 unspecified atom stereocenters. The van der Waals surface area contributed by atoms with Gasteiger partial charge in [-0.3, -0.25) is 5.10 Å². The Balaban J connectivity index is 1.63. The zero-order valence-electron chi connectivity index (χ0n) is 11.6. The number of hydrogen-bond acceptors (Lipinski definition) is 2. The van der Waals surface area contributed by atoms with Crippen LogP contribution in [0.1, 0.15) is 48.5 Å². The molecular formula is C17H20N2O. The van der Waals surface area contributed by atoms with Crippen LogP contribution in [0, 0.1) is 17.8 Å². The summed E-state index contributed by atoms with van der Waals surface area (Å²) in [5.74, 6) is 2.11. The van der Waals surface area contributed by atoms with E-state index in [1.807, 2.05) is 6.20 Å². The standard InChI is InChI=1S/C17H20N2O/c20-17(14-6-9-1-2-10(14)5-9)15-13-4-3-11(13)7-12-8-18-19-16(12)15/h7-10,14,17,20H,1-6H2,(H,18,19). The smallest absolute Gasteiger partial charge is 0.0844 e. The van der Waals surface area contributed by atoms with E-state index >= 15 is 0 Å². The van der Waals surface area contributed by atoms with Gasteiger partial charge in [-0.2, -0.15) is 5.10 Å². The molecule has 0 aliphatic heterocycles. The van der Waals surface area contributed by atoms with Crippen LogP contribution >= 0.6 is 0 Å². The maximum Gasteiger partial charge on any atom is 0.0844 e. The quantitative estimate of drug-likeness (QED) is 0.879. The summed E-state index contributed by atoms with van der Waals surface area (Å²) in [6.07, 6.45) is 9.18. The molecular weight excluding hydrogens is 248 g/mol. The number of aromatic amines is 1. The molecule has 2 bridgehead atoms. The van der Waals surface area contributed by atoms with E-state index in [0.29, 0.717) is 5.92 Å². The molecule has 3 aliphatic carbocycles. The minimum atomic E-state index is -0.288. The van der Waals surface area contributed by atoms with Gasteiger partial charge in [-0.1, -0.05) is 6.42 Å². The highest BCUT2D eigenvalue weighted by Gasteiger charge is 2.44.